The quantitative estimate of drug-likeness (QED) is 0.892. The molecule has 2 aromatic heterocycles. The highest BCUT2D eigenvalue weighted by Gasteiger charge is 2.19. The lowest BCUT2D eigenvalue weighted by atomic mass is 9.97. The van der Waals surface area contributed by atoms with Crippen LogP contribution in [-0.2, 0) is 0 Å². The Kier molecular flexibility index (Phi) is 4.30. The maximum Gasteiger partial charge on any atom is 0.253 e. The molecule has 0 aliphatic heterocycles. The zero-order valence-electron chi connectivity index (χ0n) is 11.6. The Morgan fingerprint density at radius 2 is 2.05 bits per heavy atom. The number of aromatic nitrogens is 2. The third kappa shape index (κ3) is 3.32. The van der Waals surface area contributed by atoms with Crippen molar-refractivity contribution in [2.75, 3.05) is 5.73 Å². The Morgan fingerprint density at radius 1 is 1.25 bits per heavy atom. The van der Waals surface area contributed by atoms with E-state index in [-0.39, 0.29) is 17.9 Å². The number of hydrogen-bond acceptors (Lipinski definition) is 4. The van der Waals surface area contributed by atoms with Crippen molar-refractivity contribution in [3.05, 3.63) is 54.0 Å². The average Bonchev–Trinajstić information content (AvgIpc) is 2.46. The van der Waals surface area contributed by atoms with Crippen molar-refractivity contribution in [1.29, 1.82) is 0 Å². The fourth-order valence-electron chi connectivity index (χ4n) is 1.96. The van der Waals surface area contributed by atoms with Crippen LogP contribution in [0.15, 0.2) is 42.9 Å². The molecule has 2 rings (SSSR count). The highest BCUT2D eigenvalue weighted by atomic mass is 16.1. The molecule has 2 heterocycles. The summed E-state index contributed by atoms with van der Waals surface area (Å²) < 4.78 is 0. The summed E-state index contributed by atoms with van der Waals surface area (Å²) >= 11 is 0. The first-order valence-corrected chi connectivity index (χ1v) is 6.50. The lowest BCUT2D eigenvalue weighted by molar-refractivity contribution is 0.0925. The Hall–Kier alpha value is -2.43. The molecule has 0 aliphatic carbocycles. The van der Waals surface area contributed by atoms with E-state index in [0.29, 0.717) is 11.4 Å². The van der Waals surface area contributed by atoms with E-state index in [1.807, 2.05) is 12.1 Å². The maximum atomic E-state index is 12.2. The first-order chi connectivity index (χ1) is 9.58. The second kappa shape index (κ2) is 6.14. The SMILES string of the molecule is CC(C)[C@@H](NC(=O)c1ccc(N)nc1)c1cccnc1. The number of rotatable bonds is 4. The molecule has 2 aromatic rings. The molecular formula is C15H18N4O. The summed E-state index contributed by atoms with van der Waals surface area (Å²) in [6, 6.07) is 7.01. The molecule has 104 valence electrons. The molecule has 0 aromatic carbocycles. The minimum atomic E-state index is -0.167. The van der Waals surface area contributed by atoms with Crippen LogP contribution in [0.5, 0.6) is 0 Å². The lowest BCUT2D eigenvalue weighted by Crippen LogP contribution is -2.31. The second-order valence-corrected chi connectivity index (χ2v) is 4.95. The van der Waals surface area contributed by atoms with Crippen molar-refractivity contribution in [3.8, 4) is 0 Å². The van der Waals surface area contributed by atoms with Crippen LogP contribution in [-0.4, -0.2) is 15.9 Å². The Morgan fingerprint density at radius 3 is 2.60 bits per heavy atom. The lowest BCUT2D eigenvalue weighted by Gasteiger charge is -2.22. The van der Waals surface area contributed by atoms with Gasteiger partial charge in [0.1, 0.15) is 5.82 Å². The van der Waals surface area contributed by atoms with E-state index in [2.05, 4.69) is 29.1 Å². The van der Waals surface area contributed by atoms with E-state index in [9.17, 15) is 4.79 Å². The minimum absolute atomic E-state index is 0.0891. The predicted octanol–water partition coefficient (Wildman–Crippen LogP) is 2.19. The maximum absolute atomic E-state index is 12.2. The molecule has 0 unspecified atom stereocenters. The van der Waals surface area contributed by atoms with Gasteiger partial charge in [0.2, 0.25) is 0 Å². The summed E-state index contributed by atoms with van der Waals surface area (Å²) in [6.45, 7) is 4.11. The summed E-state index contributed by atoms with van der Waals surface area (Å²) in [4.78, 5) is 20.3. The molecule has 1 amide bonds. The second-order valence-electron chi connectivity index (χ2n) is 4.95. The Bertz CT molecular complexity index is 566. The number of carbonyl (C=O) groups is 1. The highest BCUT2D eigenvalue weighted by molar-refractivity contribution is 5.94. The third-order valence-corrected chi connectivity index (χ3v) is 3.05. The van der Waals surface area contributed by atoms with Crippen molar-refractivity contribution in [2.24, 2.45) is 5.92 Å². The largest absolute Gasteiger partial charge is 0.384 e. The van der Waals surface area contributed by atoms with Crippen LogP contribution < -0.4 is 11.1 Å². The van der Waals surface area contributed by atoms with Crippen LogP contribution in [0.1, 0.15) is 35.8 Å². The van der Waals surface area contributed by atoms with E-state index in [4.69, 9.17) is 5.73 Å². The molecule has 20 heavy (non-hydrogen) atoms. The van der Waals surface area contributed by atoms with Gasteiger partial charge in [0, 0.05) is 18.6 Å². The van der Waals surface area contributed by atoms with E-state index >= 15 is 0 Å². The molecular weight excluding hydrogens is 252 g/mol. The molecule has 0 saturated heterocycles. The van der Waals surface area contributed by atoms with Gasteiger partial charge in [0.25, 0.3) is 5.91 Å². The van der Waals surface area contributed by atoms with Gasteiger partial charge in [-0.3, -0.25) is 9.78 Å². The zero-order valence-corrected chi connectivity index (χ0v) is 11.6. The van der Waals surface area contributed by atoms with Gasteiger partial charge in [0.05, 0.1) is 11.6 Å². The van der Waals surface area contributed by atoms with Gasteiger partial charge in [-0.05, 0) is 29.7 Å². The molecule has 0 saturated carbocycles. The van der Waals surface area contributed by atoms with Crippen molar-refractivity contribution >= 4 is 11.7 Å². The van der Waals surface area contributed by atoms with Crippen LogP contribution >= 0.6 is 0 Å². The summed E-state index contributed by atoms with van der Waals surface area (Å²) in [7, 11) is 0. The van der Waals surface area contributed by atoms with Crippen LogP contribution in [0.2, 0.25) is 0 Å². The van der Waals surface area contributed by atoms with Crippen molar-refractivity contribution in [2.45, 2.75) is 19.9 Å². The number of nitrogens with two attached hydrogens (primary N) is 1. The van der Waals surface area contributed by atoms with Gasteiger partial charge >= 0.3 is 0 Å². The summed E-state index contributed by atoms with van der Waals surface area (Å²) in [5.74, 6) is 0.485. The minimum Gasteiger partial charge on any atom is -0.384 e. The highest BCUT2D eigenvalue weighted by Crippen LogP contribution is 2.21. The first-order valence-electron chi connectivity index (χ1n) is 6.50. The third-order valence-electron chi connectivity index (χ3n) is 3.05. The number of carbonyl (C=O) groups excluding carboxylic acids is 1. The summed E-state index contributed by atoms with van der Waals surface area (Å²) in [5.41, 5.74) is 7.00. The van der Waals surface area contributed by atoms with E-state index in [0.717, 1.165) is 5.56 Å². The molecule has 5 heteroatoms. The van der Waals surface area contributed by atoms with Crippen molar-refractivity contribution in [1.82, 2.24) is 15.3 Å². The molecule has 0 radical (unpaired) electrons. The Balaban J connectivity index is 2.17. The van der Waals surface area contributed by atoms with Gasteiger partial charge in [0.15, 0.2) is 0 Å². The van der Waals surface area contributed by atoms with E-state index in [1.54, 1.807) is 24.5 Å². The standard InChI is InChI=1S/C15H18N4O/c1-10(2)14(11-4-3-7-17-8-11)19-15(20)12-5-6-13(16)18-9-12/h3-10,14H,1-2H3,(H2,16,18)(H,19,20)/t14-/m1/s1. The van der Waals surface area contributed by atoms with Gasteiger partial charge in [-0.1, -0.05) is 19.9 Å². The normalized spacial score (nSPS) is 12.2. The number of hydrogen-bond donors (Lipinski definition) is 2. The summed E-state index contributed by atoms with van der Waals surface area (Å²) in [5, 5.41) is 3.01. The van der Waals surface area contributed by atoms with Gasteiger partial charge in [-0.2, -0.15) is 0 Å². The fraction of sp³-hybridized carbons (Fsp3) is 0.267. The average molecular weight is 270 g/mol. The number of nitrogens with one attached hydrogen (secondary N) is 1. The number of amides is 1. The van der Waals surface area contributed by atoms with E-state index < -0.39 is 0 Å². The molecule has 0 bridgehead atoms. The van der Waals surface area contributed by atoms with Gasteiger partial charge in [-0.15, -0.1) is 0 Å². The van der Waals surface area contributed by atoms with Crippen molar-refractivity contribution < 1.29 is 4.79 Å². The van der Waals surface area contributed by atoms with Gasteiger partial charge < -0.3 is 11.1 Å². The number of nitrogens with zero attached hydrogens (tertiary/aromatic N) is 2. The van der Waals surface area contributed by atoms with Gasteiger partial charge in [-0.25, -0.2) is 4.98 Å². The zero-order chi connectivity index (χ0) is 14.5. The molecule has 3 N–H and O–H groups in total. The number of nitrogen functional groups attached to an aromatic ring is 1. The van der Waals surface area contributed by atoms with Crippen molar-refractivity contribution in [3.63, 3.8) is 0 Å². The number of anilines is 1. The first kappa shape index (κ1) is 14.0. The van der Waals surface area contributed by atoms with Crippen LogP contribution in [0.4, 0.5) is 5.82 Å². The predicted molar refractivity (Wildman–Crippen MR) is 77.9 cm³/mol. The monoisotopic (exact) mass is 270 g/mol. The molecule has 5 nitrogen and oxygen atoms in total. The van der Waals surface area contributed by atoms with E-state index in [1.165, 1.54) is 6.20 Å². The topological polar surface area (TPSA) is 80.9 Å². The van der Waals surface area contributed by atoms with Crippen LogP contribution in [0, 0.1) is 5.92 Å². The van der Waals surface area contributed by atoms with Crippen LogP contribution in [0.3, 0.4) is 0 Å². The molecule has 0 spiro atoms. The number of pyridine rings is 2. The Labute approximate surface area is 118 Å². The molecule has 1 atom stereocenters. The molecule has 0 fully saturated rings. The fourth-order valence-corrected chi connectivity index (χ4v) is 1.96. The smallest absolute Gasteiger partial charge is 0.253 e. The van der Waals surface area contributed by atoms with Crippen LogP contribution in [0.25, 0.3) is 0 Å². The summed E-state index contributed by atoms with van der Waals surface area (Å²) in [6.07, 6.45) is 4.96. The molecule has 0 aliphatic rings.